The van der Waals surface area contributed by atoms with Crippen LogP contribution in [-0.2, 0) is 14.8 Å². The molecule has 0 aliphatic heterocycles. The number of anilines is 2. The second-order valence-electron chi connectivity index (χ2n) is 8.28. The highest BCUT2D eigenvalue weighted by atomic mass is 32.2. The Kier molecular flexibility index (Phi) is 8.67. The molecule has 0 aliphatic carbocycles. The maximum Gasteiger partial charge on any atom is 0.264 e. The van der Waals surface area contributed by atoms with Crippen molar-refractivity contribution in [2.75, 3.05) is 37.0 Å². The fraction of sp³-hybridized carbons (Fsp3) is 0.222. The van der Waals surface area contributed by atoms with Gasteiger partial charge in [-0.2, -0.15) is 0 Å². The van der Waals surface area contributed by atoms with Crippen LogP contribution < -0.4 is 23.8 Å². The maximum atomic E-state index is 13.8. The van der Waals surface area contributed by atoms with Crippen LogP contribution in [0.2, 0.25) is 0 Å². The third-order valence-electron chi connectivity index (χ3n) is 5.64. The normalized spacial score (nSPS) is 11.1. The Bertz CT molecular complexity index is 1540. The third-order valence-corrected chi connectivity index (χ3v) is 8.29. The topological polar surface area (TPSA) is 120 Å². The summed E-state index contributed by atoms with van der Waals surface area (Å²) in [5, 5.41) is 11.8. The van der Waals surface area contributed by atoms with Crippen molar-refractivity contribution in [3.05, 3.63) is 72.3 Å². The number of aryl methyl sites for hydroxylation is 1. The monoisotopic (exact) mass is 568 g/mol. The zero-order valence-electron chi connectivity index (χ0n) is 21.9. The molecule has 0 bridgehead atoms. The summed E-state index contributed by atoms with van der Waals surface area (Å²) in [7, 11) is -1.33. The highest BCUT2D eigenvalue weighted by Crippen LogP contribution is 2.33. The van der Waals surface area contributed by atoms with Crippen molar-refractivity contribution < 1.29 is 27.4 Å². The van der Waals surface area contributed by atoms with Crippen LogP contribution in [0, 0.1) is 6.92 Å². The van der Waals surface area contributed by atoms with Crippen molar-refractivity contribution in [2.24, 2.45) is 0 Å². The minimum Gasteiger partial charge on any atom is -0.494 e. The number of hydrogen-bond acceptors (Lipinski definition) is 9. The van der Waals surface area contributed by atoms with Gasteiger partial charge in [-0.25, -0.2) is 8.42 Å². The van der Waals surface area contributed by atoms with Crippen molar-refractivity contribution in [1.29, 1.82) is 0 Å². The van der Waals surface area contributed by atoms with Gasteiger partial charge in [-0.1, -0.05) is 41.2 Å². The predicted octanol–water partition coefficient (Wildman–Crippen LogP) is 4.76. The number of carbonyl (C=O) groups excluding carboxylic acids is 1. The van der Waals surface area contributed by atoms with E-state index in [0.29, 0.717) is 23.1 Å². The Labute approximate surface area is 231 Å². The van der Waals surface area contributed by atoms with E-state index in [1.165, 1.54) is 43.8 Å². The quantitative estimate of drug-likeness (QED) is 0.275. The van der Waals surface area contributed by atoms with E-state index < -0.39 is 22.5 Å². The molecule has 0 aliphatic rings. The minimum absolute atomic E-state index is 0.0700. The first kappa shape index (κ1) is 27.9. The lowest BCUT2D eigenvalue weighted by atomic mass is 10.2. The van der Waals surface area contributed by atoms with Gasteiger partial charge >= 0.3 is 0 Å². The number of nitrogens with one attached hydrogen (secondary N) is 1. The smallest absolute Gasteiger partial charge is 0.264 e. The molecule has 0 radical (unpaired) electrons. The molecule has 1 N–H and O–H groups in total. The molecule has 0 atom stereocenters. The number of amides is 1. The summed E-state index contributed by atoms with van der Waals surface area (Å²) in [5.74, 6) is 0.612. The Balaban J connectivity index is 1.62. The number of aromatic nitrogens is 2. The largest absolute Gasteiger partial charge is 0.494 e. The molecular weight excluding hydrogens is 540 g/mol. The summed E-state index contributed by atoms with van der Waals surface area (Å²) in [6.07, 6.45) is 0. The van der Waals surface area contributed by atoms with Crippen LogP contribution >= 0.6 is 11.3 Å². The first-order valence-corrected chi connectivity index (χ1v) is 14.2. The van der Waals surface area contributed by atoms with Gasteiger partial charge in [-0.05, 0) is 50.2 Å². The summed E-state index contributed by atoms with van der Waals surface area (Å²) in [6.45, 7) is 3.79. The molecule has 0 saturated heterocycles. The van der Waals surface area contributed by atoms with Crippen molar-refractivity contribution in [2.45, 2.75) is 18.7 Å². The van der Waals surface area contributed by atoms with Gasteiger partial charge in [0.2, 0.25) is 11.0 Å². The molecule has 1 amide bonds. The molecule has 204 valence electrons. The van der Waals surface area contributed by atoms with Crippen LogP contribution in [0.1, 0.15) is 12.5 Å². The molecule has 10 nitrogen and oxygen atoms in total. The fourth-order valence-electron chi connectivity index (χ4n) is 3.67. The van der Waals surface area contributed by atoms with Gasteiger partial charge < -0.3 is 14.2 Å². The molecule has 0 spiro atoms. The lowest BCUT2D eigenvalue weighted by Gasteiger charge is -2.24. The second kappa shape index (κ2) is 12.1. The van der Waals surface area contributed by atoms with Crippen LogP contribution in [0.5, 0.6) is 17.2 Å². The molecule has 0 unspecified atom stereocenters. The molecular formula is C27H28N4O6S2. The summed E-state index contributed by atoms with van der Waals surface area (Å²) in [4.78, 5) is 13.0. The van der Waals surface area contributed by atoms with Gasteiger partial charge in [0.05, 0.1) is 31.4 Å². The van der Waals surface area contributed by atoms with E-state index in [1.54, 1.807) is 24.3 Å². The number of sulfonamides is 1. The standard InChI is InChI=1S/C27H28N4O6S2/c1-5-37-21-12-10-20(11-13-21)31(39(33,34)22-14-15-23(35-3)24(16-22)36-4)17-25(32)28-27-30-29-26(38-27)19-8-6-18(2)7-9-19/h6-16H,5,17H2,1-4H3,(H,28,30,32). The number of carbonyl (C=O) groups is 1. The van der Waals surface area contributed by atoms with Crippen LogP contribution in [0.15, 0.2) is 71.6 Å². The lowest BCUT2D eigenvalue weighted by molar-refractivity contribution is -0.114. The number of hydrogen-bond donors (Lipinski definition) is 1. The van der Waals surface area contributed by atoms with Gasteiger partial charge in [0.15, 0.2) is 11.5 Å². The molecule has 4 aromatic rings. The Morgan fingerprint density at radius 2 is 1.64 bits per heavy atom. The van der Waals surface area contributed by atoms with Gasteiger partial charge in [0.25, 0.3) is 10.0 Å². The first-order chi connectivity index (χ1) is 18.7. The summed E-state index contributed by atoms with van der Waals surface area (Å²) >= 11 is 1.19. The fourth-order valence-corrected chi connectivity index (χ4v) is 5.87. The molecule has 3 aromatic carbocycles. The summed E-state index contributed by atoms with van der Waals surface area (Å²) in [5.41, 5.74) is 2.26. The zero-order chi connectivity index (χ0) is 28.0. The van der Waals surface area contributed by atoms with E-state index in [0.717, 1.165) is 15.4 Å². The maximum absolute atomic E-state index is 13.8. The summed E-state index contributed by atoms with van der Waals surface area (Å²) < 4.78 is 44.6. The van der Waals surface area contributed by atoms with Gasteiger partial charge in [-0.3, -0.25) is 14.4 Å². The van der Waals surface area contributed by atoms with Gasteiger partial charge in [0.1, 0.15) is 17.3 Å². The average Bonchev–Trinajstić information content (AvgIpc) is 3.40. The van der Waals surface area contributed by atoms with E-state index in [-0.39, 0.29) is 21.5 Å². The van der Waals surface area contributed by atoms with E-state index in [2.05, 4.69) is 15.5 Å². The van der Waals surface area contributed by atoms with Crippen LogP contribution in [0.4, 0.5) is 10.8 Å². The molecule has 1 heterocycles. The van der Waals surface area contributed by atoms with Crippen molar-refractivity contribution in [3.63, 3.8) is 0 Å². The van der Waals surface area contributed by atoms with E-state index in [9.17, 15) is 13.2 Å². The molecule has 1 aromatic heterocycles. The summed E-state index contributed by atoms with van der Waals surface area (Å²) in [6, 6.07) is 18.5. The number of nitrogens with zero attached hydrogens (tertiary/aromatic N) is 3. The van der Waals surface area contributed by atoms with E-state index in [1.807, 2.05) is 38.1 Å². The number of ether oxygens (including phenoxy) is 3. The molecule has 39 heavy (non-hydrogen) atoms. The van der Waals surface area contributed by atoms with Crippen LogP contribution in [0.3, 0.4) is 0 Å². The SMILES string of the molecule is CCOc1ccc(N(CC(=O)Nc2nnc(-c3ccc(C)cc3)s2)S(=O)(=O)c2ccc(OC)c(OC)c2)cc1. The minimum atomic E-state index is -4.20. The van der Waals surface area contributed by atoms with Crippen LogP contribution in [-0.4, -0.2) is 51.9 Å². The molecule has 0 fully saturated rings. The van der Waals surface area contributed by atoms with E-state index >= 15 is 0 Å². The van der Waals surface area contributed by atoms with Crippen LogP contribution in [0.25, 0.3) is 10.6 Å². The van der Waals surface area contributed by atoms with Crippen molar-refractivity contribution in [1.82, 2.24) is 10.2 Å². The Morgan fingerprint density at radius 1 is 0.949 bits per heavy atom. The highest BCUT2D eigenvalue weighted by Gasteiger charge is 2.29. The van der Waals surface area contributed by atoms with Crippen molar-refractivity contribution >= 4 is 38.1 Å². The third kappa shape index (κ3) is 6.47. The van der Waals surface area contributed by atoms with E-state index in [4.69, 9.17) is 14.2 Å². The Hall–Kier alpha value is -4.16. The predicted molar refractivity (Wildman–Crippen MR) is 150 cm³/mol. The second-order valence-corrected chi connectivity index (χ2v) is 11.1. The highest BCUT2D eigenvalue weighted by molar-refractivity contribution is 7.92. The van der Waals surface area contributed by atoms with Gasteiger partial charge in [-0.15, -0.1) is 10.2 Å². The molecule has 4 rings (SSSR count). The van der Waals surface area contributed by atoms with Gasteiger partial charge in [0, 0.05) is 11.6 Å². The number of methoxy groups -OCH3 is 2. The molecule has 0 saturated carbocycles. The molecule has 12 heteroatoms. The Morgan fingerprint density at radius 3 is 2.28 bits per heavy atom. The van der Waals surface area contributed by atoms with Crippen molar-refractivity contribution in [3.8, 4) is 27.8 Å². The lowest BCUT2D eigenvalue weighted by Crippen LogP contribution is -2.38. The zero-order valence-corrected chi connectivity index (χ0v) is 23.5. The number of rotatable bonds is 11. The average molecular weight is 569 g/mol. The number of benzene rings is 3. The first-order valence-electron chi connectivity index (χ1n) is 11.9.